The fraction of sp³-hybridized carbons (Fsp3) is 0.667. The lowest BCUT2D eigenvalue weighted by Crippen LogP contribution is -2.49. The van der Waals surface area contributed by atoms with Crippen molar-refractivity contribution in [1.29, 1.82) is 0 Å². The van der Waals surface area contributed by atoms with E-state index in [0.29, 0.717) is 58.8 Å². The van der Waals surface area contributed by atoms with Crippen LogP contribution in [-0.2, 0) is 36.9 Å². The molecule has 0 spiro atoms. The molecule has 3 heterocycles. The van der Waals surface area contributed by atoms with Crippen LogP contribution >= 0.6 is 0 Å². The molecule has 0 saturated carbocycles. The third-order valence-corrected chi connectivity index (χ3v) is 9.20. The number of carbonyl (C=O) groups is 3. The molecule has 2 aromatic rings. The molecule has 4 rings (SSSR count). The number of benzene rings is 1. The van der Waals surface area contributed by atoms with Gasteiger partial charge in [0, 0.05) is 87.4 Å². The van der Waals surface area contributed by atoms with Crippen LogP contribution in [0.1, 0.15) is 76.1 Å². The Labute approximate surface area is 261 Å². The van der Waals surface area contributed by atoms with E-state index in [9.17, 15) is 14.4 Å². The summed E-state index contributed by atoms with van der Waals surface area (Å²) in [5.74, 6) is -0.574. The third-order valence-electron chi connectivity index (χ3n) is 9.20. The number of rotatable bonds is 16. The summed E-state index contributed by atoms with van der Waals surface area (Å²) in [6.45, 7) is 8.83. The largest absolute Gasteiger partial charge is 0.481 e. The fourth-order valence-corrected chi connectivity index (χ4v) is 6.51. The Morgan fingerprint density at radius 1 is 0.977 bits per heavy atom. The number of aryl methyl sites for hydroxylation is 1. The van der Waals surface area contributed by atoms with Crippen molar-refractivity contribution in [3.05, 3.63) is 35.5 Å². The Bertz CT molecular complexity index is 1260. The van der Waals surface area contributed by atoms with E-state index in [1.54, 1.807) is 0 Å². The number of unbranched alkanes of at least 4 members (excludes halogenated alkanes) is 1. The molecule has 1 aromatic carbocycles. The Balaban J connectivity index is 1.30. The average molecular weight is 614 g/mol. The average Bonchev–Trinajstić information content (AvgIpc) is 3.33. The topological polar surface area (TPSA) is 108 Å². The number of carboxylic acid groups (broad SMARTS) is 1. The van der Waals surface area contributed by atoms with Crippen LogP contribution in [0.2, 0.25) is 0 Å². The van der Waals surface area contributed by atoms with Crippen LogP contribution in [0.3, 0.4) is 0 Å². The van der Waals surface area contributed by atoms with E-state index in [2.05, 4.69) is 66.8 Å². The summed E-state index contributed by atoms with van der Waals surface area (Å²) in [7, 11) is 4.24. The van der Waals surface area contributed by atoms with Gasteiger partial charge in [0.15, 0.2) is 0 Å². The van der Waals surface area contributed by atoms with Crippen molar-refractivity contribution in [2.45, 2.75) is 84.0 Å². The molecule has 0 aliphatic carbocycles. The van der Waals surface area contributed by atoms with Crippen molar-refractivity contribution < 1.29 is 29.0 Å². The molecule has 0 radical (unpaired) electrons. The van der Waals surface area contributed by atoms with Gasteiger partial charge in [0.05, 0.1) is 39.4 Å². The minimum atomic E-state index is -0.885. The number of hydrogen-bond donors (Lipinski definition) is 1. The predicted octanol–water partition coefficient (Wildman–Crippen LogP) is 3.90. The highest BCUT2D eigenvalue weighted by Gasteiger charge is 2.32. The molecule has 1 fully saturated rings. The lowest BCUT2D eigenvalue weighted by molar-refractivity contribution is -0.138. The molecule has 244 valence electrons. The molecule has 11 heteroatoms. The van der Waals surface area contributed by atoms with Crippen LogP contribution in [-0.4, -0.2) is 113 Å². The summed E-state index contributed by atoms with van der Waals surface area (Å²) < 4.78 is 13.3. The molecule has 2 aliphatic rings. The van der Waals surface area contributed by atoms with Crippen LogP contribution in [0.5, 0.6) is 0 Å². The minimum Gasteiger partial charge on any atom is -0.481 e. The Morgan fingerprint density at radius 3 is 2.39 bits per heavy atom. The normalized spacial score (nSPS) is 18.1. The maximum Gasteiger partial charge on any atom is 0.305 e. The molecule has 1 unspecified atom stereocenters. The van der Waals surface area contributed by atoms with Crippen molar-refractivity contribution in [2.75, 3.05) is 60.2 Å². The maximum atomic E-state index is 13.4. The number of hydrogen-bond acceptors (Lipinski definition) is 7. The number of para-hydroxylation sites is 1. The van der Waals surface area contributed by atoms with Crippen LogP contribution in [0.15, 0.2) is 24.3 Å². The zero-order valence-electron chi connectivity index (χ0n) is 27.0. The number of nitrogens with zero attached hydrogens (tertiary/aromatic N) is 5. The van der Waals surface area contributed by atoms with Crippen molar-refractivity contribution in [3.63, 3.8) is 0 Å². The van der Waals surface area contributed by atoms with Gasteiger partial charge in [-0.2, -0.15) is 0 Å². The predicted molar refractivity (Wildman–Crippen MR) is 169 cm³/mol. The molecule has 1 saturated heterocycles. The number of amides is 2. The first-order valence-corrected chi connectivity index (χ1v) is 16.2. The number of carbonyl (C=O) groups excluding carboxylic acids is 2. The molecular weight excluding hydrogens is 562 g/mol. The number of aliphatic carboxylic acids is 1. The Morgan fingerprint density at radius 2 is 1.68 bits per heavy atom. The van der Waals surface area contributed by atoms with Crippen molar-refractivity contribution in [2.24, 2.45) is 0 Å². The van der Waals surface area contributed by atoms with Gasteiger partial charge < -0.3 is 28.9 Å². The molecule has 2 amide bonds. The Hall–Kier alpha value is -2.99. The van der Waals surface area contributed by atoms with Crippen LogP contribution in [0, 0.1) is 0 Å². The molecule has 1 N–H and O–H groups in total. The number of aromatic nitrogens is 1. The molecule has 1 aromatic heterocycles. The van der Waals surface area contributed by atoms with Gasteiger partial charge in [-0.1, -0.05) is 31.5 Å². The highest BCUT2D eigenvalue weighted by molar-refractivity contribution is 5.86. The van der Waals surface area contributed by atoms with Gasteiger partial charge >= 0.3 is 5.97 Å². The monoisotopic (exact) mass is 613 g/mol. The minimum absolute atomic E-state index is 0.0270. The summed E-state index contributed by atoms with van der Waals surface area (Å²) >= 11 is 0. The molecule has 2 aliphatic heterocycles. The van der Waals surface area contributed by atoms with E-state index in [0.717, 1.165) is 32.2 Å². The zero-order chi connectivity index (χ0) is 31.6. The SMILES string of the molecule is CCCCC(=O)N(CCOCCOCCC(=O)O)C1CCN(C(=O)CCn2c3c(c4ccccc42)C(C)N(C)N(C)C3)CC1. The molecule has 11 nitrogen and oxygen atoms in total. The summed E-state index contributed by atoms with van der Waals surface area (Å²) in [6, 6.07) is 8.88. The second kappa shape index (κ2) is 16.4. The van der Waals surface area contributed by atoms with E-state index in [1.807, 2.05) is 9.80 Å². The summed E-state index contributed by atoms with van der Waals surface area (Å²) in [6.07, 6.45) is 4.28. The number of piperidine rings is 1. The standard InChI is InChI=1S/C33H51N5O6/c1-5-6-11-31(40)37(19-21-44-23-22-43-20-15-32(41)42)26-12-16-36(17-13-26)30(39)14-18-38-28-10-8-7-9-27(28)33-25(2)35(4)34(3)24-29(33)38/h7-10,25-26H,5-6,11-24H2,1-4H3,(H,41,42). The van der Waals surface area contributed by atoms with Gasteiger partial charge in [0.2, 0.25) is 11.8 Å². The van der Waals surface area contributed by atoms with E-state index in [1.165, 1.54) is 22.2 Å². The van der Waals surface area contributed by atoms with Gasteiger partial charge in [-0.25, -0.2) is 10.0 Å². The third kappa shape index (κ3) is 8.38. The van der Waals surface area contributed by atoms with E-state index >= 15 is 0 Å². The van der Waals surface area contributed by atoms with Gasteiger partial charge in [-0.3, -0.25) is 14.4 Å². The first kappa shape index (κ1) is 33.9. The van der Waals surface area contributed by atoms with Gasteiger partial charge in [0.1, 0.15) is 0 Å². The number of hydrazine groups is 1. The van der Waals surface area contributed by atoms with Crippen LogP contribution in [0.4, 0.5) is 0 Å². The first-order valence-electron chi connectivity index (χ1n) is 16.2. The van der Waals surface area contributed by atoms with Crippen LogP contribution < -0.4 is 0 Å². The van der Waals surface area contributed by atoms with Crippen LogP contribution in [0.25, 0.3) is 10.9 Å². The molecule has 44 heavy (non-hydrogen) atoms. The van der Waals surface area contributed by atoms with Crippen molar-refractivity contribution in [3.8, 4) is 0 Å². The lowest BCUT2D eigenvalue weighted by Gasteiger charge is -2.39. The van der Waals surface area contributed by atoms with Crippen molar-refractivity contribution in [1.82, 2.24) is 24.4 Å². The molecular formula is C33H51N5O6. The van der Waals surface area contributed by atoms with E-state index < -0.39 is 5.97 Å². The second-order valence-electron chi connectivity index (χ2n) is 12.0. The fourth-order valence-electron chi connectivity index (χ4n) is 6.51. The van der Waals surface area contributed by atoms with Gasteiger partial charge in [0.25, 0.3) is 0 Å². The van der Waals surface area contributed by atoms with E-state index in [-0.39, 0.29) is 36.9 Å². The van der Waals surface area contributed by atoms with Gasteiger partial charge in [-0.15, -0.1) is 0 Å². The number of ether oxygens (including phenoxy) is 2. The highest BCUT2D eigenvalue weighted by atomic mass is 16.5. The Kier molecular flexibility index (Phi) is 12.6. The van der Waals surface area contributed by atoms with E-state index in [4.69, 9.17) is 14.6 Å². The van der Waals surface area contributed by atoms with Gasteiger partial charge in [-0.05, 0) is 32.3 Å². The smallest absolute Gasteiger partial charge is 0.305 e. The van der Waals surface area contributed by atoms with Crippen molar-refractivity contribution >= 4 is 28.7 Å². The number of likely N-dealkylation sites (tertiary alicyclic amines) is 1. The second-order valence-corrected chi connectivity index (χ2v) is 12.0. The number of fused-ring (bicyclic) bond motifs is 3. The lowest BCUT2D eigenvalue weighted by atomic mass is 10.0. The molecule has 1 atom stereocenters. The zero-order valence-corrected chi connectivity index (χ0v) is 27.0. The number of carboxylic acids is 1. The maximum absolute atomic E-state index is 13.4. The highest BCUT2D eigenvalue weighted by Crippen LogP contribution is 2.38. The summed E-state index contributed by atoms with van der Waals surface area (Å²) in [5.41, 5.74) is 3.84. The summed E-state index contributed by atoms with van der Waals surface area (Å²) in [4.78, 5) is 41.1. The molecule has 0 bridgehead atoms. The first-order chi connectivity index (χ1) is 21.2. The quantitative estimate of drug-likeness (QED) is 0.284. The summed E-state index contributed by atoms with van der Waals surface area (Å²) in [5, 5.41) is 14.5.